The summed E-state index contributed by atoms with van der Waals surface area (Å²) in [5, 5.41) is 1.20. The Morgan fingerprint density at radius 2 is 2.08 bits per heavy atom. The van der Waals surface area contributed by atoms with Crippen LogP contribution in [0.25, 0.3) is 0 Å². The second-order valence-electron chi connectivity index (χ2n) is 2.41. The third kappa shape index (κ3) is 2.51. The first-order chi connectivity index (χ1) is 5.61. The van der Waals surface area contributed by atoms with Crippen LogP contribution in [0.1, 0.15) is 5.56 Å². The first-order valence-corrected chi connectivity index (χ1v) is 4.92. The van der Waals surface area contributed by atoms with Gasteiger partial charge in [-0.05, 0) is 16.1 Å². The number of benzene rings is 1. The molecule has 3 heteroatoms. The van der Waals surface area contributed by atoms with Crippen molar-refractivity contribution in [3.05, 3.63) is 44.9 Å². The van der Waals surface area contributed by atoms with Gasteiger partial charge in [-0.15, -0.1) is 0 Å². The van der Waals surface area contributed by atoms with E-state index >= 15 is 0 Å². The highest BCUT2D eigenvalue weighted by Crippen LogP contribution is 2.27. The zero-order chi connectivity index (χ0) is 9.14. The summed E-state index contributed by atoms with van der Waals surface area (Å²) in [7, 11) is 0. The zero-order valence-electron chi connectivity index (χ0n) is 6.28. The van der Waals surface area contributed by atoms with E-state index in [1.807, 2.05) is 12.1 Å². The fourth-order valence-corrected chi connectivity index (χ4v) is 1.58. The van der Waals surface area contributed by atoms with Gasteiger partial charge in [0, 0.05) is 6.42 Å². The van der Waals surface area contributed by atoms with Gasteiger partial charge in [0.1, 0.15) is 0 Å². The van der Waals surface area contributed by atoms with Crippen molar-refractivity contribution in [1.29, 1.82) is 0 Å². The lowest BCUT2D eigenvalue weighted by atomic mass is 10.1. The van der Waals surface area contributed by atoms with Gasteiger partial charge in [-0.25, -0.2) is 0 Å². The predicted octanol–water partition coefficient (Wildman–Crippen LogP) is 4.44. The van der Waals surface area contributed by atoms with Crippen molar-refractivity contribution in [3.8, 4) is 0 Å². The summed E-state index contributed by atoms with van der Waals surface area (Å²) in [6, 6.07) is 5.57. The average Bonchev–Trinajstić information content (AvgIpc) is 1.98. The Morgan fingerprint density at radius 3 is 2.67 bits per heavy atom. The summed E-state index contributed by atoms with van der Waals surface area (Å²) in [6.07, 6.45) is 0.708. The molecule has 0 aliphatic heterocycles. The first kappa shape index (κ1) is 10.1. The summed E-state index contributed by atoms with van der Waals surface area (Å²) < 4.78 is 0.895. The van der Waals surface area contributed by atoms with Crippen molar-refractivity contribution in [3.63, 3.8) is 0 Å². The molecule has 0 bridgehead atoms. The molecule has 12 heavy (non-hydrogen) atoms. The Hall–Kier alpha value is 0.0200. The van der Waals surface area contributed by atoms with Crippen molar-refractivity contribution in [1.82, 2.24) is 0 Å². The molecule has 0 spiro atoms. The molecular weight excluding hydrogens is 259 g/mol. The van der Waals surface area contributed by atoms with Crippen LogP contribution in [0.5, 0.6) is 0 Å². The normalized spacial score (nSPS) is 9.92. The van der Waals surface area contributed by atoms with Gasteiger partial charge in [0.05, 0.1) is 10.0 Å². The maximum Gasteiger partial charge on any atom is 0.0627 e. The van der Waals surface area contributed by atoms with Gasteiger partial charge < -0.3 is 0 Å². The summed E-state index contributed by atoms with van der Waals surface area (Å²) >= 11 is 15.0. The van der Waals surface area contributed by atoms with Crippen LogP contribution in [0.15, 0.2) is 29.3 Å². The molecule has 0 radical (unpaired) electrons. The number of rotatable bonds is 2. The van der Waals surface area contributed by atoms with Crippen LogP contribution >= 0.6 is 39.1 Å². The summed E-state index contributed by atoms with van der Waals surface area (Å²) in [6.45, 7) is 3.74. The van der Waals surface area contributed by atoms with E-state index < -0.39 is 0 Å². The van der Waals surface area contributed by atoms with Gasteiger partial charge in [0.15, 0.2) is 0 Å². The quantitative estimate of drug-likeness (QED) is 0.742. The minimum absolute atomic E-state index is 0.586. The number of halogens is 3. The smallest absolute Gasteiger partial charge is 0.0627 e. The van der Waals surface area contributed by atoms with Crippen LogP contribution in [0, 0.1) is 0 Å². The number of hydrogen-bond donors (Lipinski definition) is 0. The van der Waals surface area contributed by atoms with E-state index in [1.54, 1.807) is 6.07 Å². The fourth-order valence-electron chi connectivity index (χ4n) is 0.892. The van der Waals surface area contributed by atoms with Gasteiger partial charge >= 0.3 is 0 Å². The van der Waals surface area contributed by atoms with Gasteiger partial charge in [-0.2, -0.15) is 0 Å². The van der Waals surface area contributed by atoms with Crippen molar-refractivity contribution >= 4 is 39.1 Å². The number of hydrogen-bond acceptors (Lipinski definition) is 0. The lowest BCUT2D eigenvalue weighted by Gasteiger charge is -2.03. The standard InChI is InChI=1S/C9H7BrCl2/c1-6(10)5-7-3-2-4-8(11)9(7)12/h2-4H,1,5H2. The molecule has 1 aromatic rings. The van der Waals surface area contributed by atoms with Crippen LogP contribution in [0.2, 0.25) is 10.0 Å². The minimum atomic E-state index is 0.586. The van der Waals surface area contributed by atoms with Gasteiger partial charge in [0.25, 0.3) is 0 Å². The van der Waals surface area contributed by atoms with Crippen molar-refractivity contribution in [2.75, 3.05) is 0 Å². The van der Waals surface area contributed by atoms with E-state index in [0.29, 0.717) is 16.5 Å². The second-order valence-corrected chi connectivity index (χ2v) is 4.31. The Kier molecular flexibility index (Phi) is 3.63. The van der Waals surface area contributed by atoms with E-state index in [1.165, 1.54) is 0 Å². The summed E-state index contributed by atoms with van der Waals surface area (Å²) in [4.78, 5) is 0. The molecule has 0 nitrogen and oxygen atoms in total. The number of allylic oxidation sites excluding steroid dienone is 1. The molecule has 0 saturated heterocycles. The lowest BCUT2D eigenvalue weighted by Crippen LogP contribution is -1.85. The van der Waals surface area contributed by atoms with E-state index in [0.717, 1.165) is 10.0 Å². The molecule has 0 unspecified atom stereocenters. The molecule has 0 aromatic heterocycles. The Bertz CT molecular complexity index is 307. The summed E-state index contributed by atoms with van der Waals surface area (Å²) in [5.41, 5.74) is 0.992. The molecule has 0 aliphatic carbocycles. The molecule has 0 amide bonds. The van der Waals surface area contributed by atoms with Gasteiger partial charge in [-0.1, -0.05) is 57.8 Å². The predicted molar refractivity (Wildman–Crippen MR) is 58.2 cm³/mol. The van der Waals surface area contributed by atoms with E-state index in [9.17, 15) is 0 Å². The highest BCUT2D eigenvalue weighted by molar-refractivity contribution is 9.11. The van der Waals surface area contributed by atoms with Crippen molar-refractivity contribution in [2.45, 2.75) is 6.42 Å². The molecule has 0 heterocycles. The molecule has 64 valence electrons. The molecule has 1 aromatic carbocycles. The van der Waals surface area contributed by atoms with E-state index in [4.69, 9.17) is 23.2 Å². The first-order valence-electron chi connectivity index (χ1n) is 3.37. The van der Waals surface area contributed by atoms with Crippen LogP contribution in [-0.4, -0.2) is 0 Å². The largest absolute Gasteiger partial charge is 0.0885 e. The SMILES string of the molecule is C=C(Br)Cc1cccc(Cl)c1Cl. The van der Waals surface area contributed by atoms with Crippen LogP contribution in [0.4, 0.5) is 0 Å². The molecular formula is C9H7BrCl2. The van der Waals surface area contributed by atoms with Crippen LogP contribution < -0.4 is 0 Å². The van der Waals surface area contributed by atoms with Crippen LogP contribution in [0.3, 0.4) is 0 Å². The van der Waals surface area contributed by atoms with Gasteiger partial charge in [0.2, 0.25) is 0 Å². The maximum absolute atomic E-state index is 5.94. The maximum atomic E-state index is 5.94. The lowest BCUT2D eigenvalue weighted by molar-refractivity contribution is 1.26. The molecule has 0 atom stereocenters. The Morgan fingerprint density at radius 1 is 1.42 bits per heavy atom. The zero-order valence-corrected chi connectivity index (χ0v) is 9.38. The van der Waals surface area contributed by atoms with Gasteiger partial charge in [-0.3, -0.25) is 0 Å². The highest BCUT2D eigenvalue weighted by atomic mass is 79.9. The molecule has 0 N–H and O–H groups in total. The third-order valence-corrected chi connectivity index (χ3v) is 2.55. The Labute approximate surface area is 90.3 Å². The van der Waals surface area contributed by atoms with Crippen molar-refractivity contribution < 1.29 is 0 Å². The molecule has 0 saturated carbocycles. The minimum Gasteiger partial charge on any atom is -0.0885 e. The second kappa shape index (κ2) is 4.31. The van der Waals surface area contributed by atoms with Crippen molar-refractivity contribution in [2.24, 2.45) is 0 Å². The highest BCUT2D eigenvalue weighted by Gasteiger charge is 2.03. The van der Waals surface area contributed by atoms with E-state index in [-0.39, 0.29) is 0 Å². The average molecular weight is 266 g/mol. The summed E-state index contributed by atoms with van der Waals surface area (Å²) in [5.74, 6) is 0. The molecule has 0 fully saturated rings. The monoisotopic (exact) mass is 264 g/mol. The molecule has 0 aliphatic rings. The van der Waals surface area contributed by atoms with E-state index in [2.05, 4.69) is 22.5 Å². The molecule has 1 rings (SSSR count). The Balaban J connectivity index is 3.00. The topological polar surface area (TPSA) is 0 Å². The van der Waals surface area contributed by atoms with Crippen LogP contribution in [-0.2, 0) is 6.42 Å². The third-order valence-electron chi connectivity index (χ3n) is 1.41. The fraction of sp³-hybridized carbons (Fsp3) is 0.111.